The van der Waals surface area contributed by atoms with Gasteiger partial charge in [0.2, 0.25) is 0 Å². The standard InChI is InChI=1S/C15H11BrClIN2O2S/c16-9-1-6-13(12(17)7-9)22-8-14(21)20-15(23)19-11-4-2-10(18)3-5-11/h1-7H,8H2,(H2,19,20,21,23). The minimum atomic E-state index is -0.369. The van der Waals surface area contributed by atoms with E-state index in [1.165, 1.54) is 0 Å². The summed E-state index contributed by atoms with van der Waals surface area (Å²) >= 11 is 16.6. The van der Waals surface area contributed by atoms with Gasteiger partial charge in [-0.3, -0.25) is 10.1 Å². The maximum Gasteiger partial charge on any atom is 0.264 e. The van der Waals surface area contributed by atoms with Crippen molar-refractivity contribution >= 4 is 79.0 Å². The highest BCUT2D eigenvalue weighted by molar-refractivity contribution is 14.1. The number of hydrogen-bond acceptors (Lipinski definition) is 3. The molecule has 2 aromatic carbocycles. The van der Waals surface area contributed by atoms with Crippen LogP contribution in [0.1, 0.15) is 0 Å². The van der Waals surface area contributed by atoms with Crippen molar-refractivity contribution in [1.29, 1.82) is 0 Å². The molecule has 0 aliphatic rings. The second-order valence-electron chi connectivity index (χ2n) is 4.37. The minimum Gasteiger partial charge on any atom is -0.482 e. The first kappa shape index (κ1) is 18.4. The molecule has 0 fully saturated rings. The van der Waals surface area contributed by atoms with Crippen LogP contribution >= 0.6 is 62.3 Å². The first-order valence-electron chi connectivity index (χ1n) is 6.38. The number of anilines is 1. The third kappa shape index (κ3) is 6.25. The summed E-state index contributed by atoms with van der Waals surface area (Å²) in [6, 6.07) is 12.8. The van der Waals surface area contributed by atoms with Crippen LogP contribution in [0.2, 0.25) is 5.02 Å². The van der Waals surface area contributed by atoms with Crippen molar-refractivity contribution in [2.75, 3.05) is 11.9 Å². The Bertz CT molecular complexity index is 728. The summed E-state index contributed by atoms with van der Waals surface area (Å²) in [5.41, 5.74) is 0.799. The highest BCUT2D eigenvalue weighted by atomic mass is 127. The van der Waals surface area contributed by atoms with Crippen LogP contribution < -0.4 is 15.4 Å². The number of nitrogens with one attached hydrogen (secondary N) is 2. The number of hydrogen-bond donors (Lipinski definition) is 2. The topological polar surface area (TPSA) is 50.4 Å². The van der Waals surface area contributed by atoms with Crippen LogP contribution in [0.25, 0.3) is 0 Å². The summed E-state index contributed by atoms with van der Waals surface area (Å²) in [5.74, 6) is 0.0634. The van der Waals surface area contributed by atoms with Crippen molar-refractivity contribution in [3.8, 4) is 5.75 Å². The van der Waals surface area contributed by atoms with E-state index in [2.05, 4.69) is 49.2 Å². The molecule has 0 saturated heterocycles. The van der Waals surface area contributed by atoms with Crippen LogP contribution in [-0.4, -0.2) is 17.6 Å². The van der Waals surface area contributed by atoms with Gasteiger partial charge >= 0.3 is 0 Å². The molecule has 0 heterocycles. The SMILES string of the molecule is O=C(COc1ccc(Br)cc1Cl)NC(=S)Nc1ccc(I)cc1. The Balaban J connectivity index is 1.82. The molecule has 0 saturated carbocycles. The zero-order valence-electron chi connectivity index (χ0n) is 11.6. The van der Waals surface area contributed by atoms with E-state index in [4.69, 9.17) is 28.6 Å². The molecular formula is C15H11BrClIN2O2S. The molecule has 2 N–H and O–H groups in total. The monoisotopic (exact) mass is 524 g/mol. The number of halogens is 3. The molecule has 2 aromatic rings. The van der Waals surface area contributed by atoms with E-state index in [1.807, 2.05) is 24.3 Å². The van der Waals surface area contributed by atoms with E-state index in [9.17, 15) is 4.79 Å². The number of ether oxygens (including phenoxy) is 1. The van der Waals surface area contributed by atoms with Gasteiger partial charge in [0, 0.05) is 13.7 Å². The molecule has 4 nitrogen and oxygen atoms in total. The Morgan fingerprint density at radius 3 is 2.61 bits per heavy atom. The van der Waals surface area contributed by atoms with Gasteiger partial charge in [-0.05, 0) is 77.3 Å². The fraction of sp³-hybridized carbons (Fsp3) is 0.0667. The summed E-state index contributed by atoms with van der Waals surface area (Å²) in [5, 5.41) is 6.10. The van der Waals surface area contributed by atoms with Gasteiger partial charge in [0.25, 0.3) is 5.91 Å². The molecule has 0 aromatic heterocycles. The van der Waals surface area contributed by atoms with Gasteiger partial charge in [0.1, 0.15) is 5.75 Å². The average molecular weight is 526 g/mol. The second-order valence-corrected chi connectivity index (χ2v) is 7.35. The van der Waals surface area contributed by atoms with Crippen LogP contribution in [0, 0.1) is 3.57 Å². The molecule has 0 radical (unpaired) electrons. The summed E-state index contributed by atoms with van der Waals surface area (Å²) < 4.78 is 7.32. The normalized spacial score (nSPS) is 10.0. The highest BCUT2D eigenvalue weighted by Crippen LogP contribution is 2.27. The number of thiocarbonyl (C=S) groups is 1. The molecule has 1 amide bonds. The predicted molar refractivity (Wildman–Crippen MR) is 108 cm³/mol. The zero-order valence-corrected chi connectivity index (χ0v) is 16.9. The van der Waals surface area contributed by atoms with Crippen molar-refractivity contribution in [3.63, 3.8) is 0 Å². The Hall–Kier alpha value is -0.900. The lowest BCUT2D eigenvalue weighted by Gasteiger charge is -2.11. The van der Waals surface area contributed by atoms with E-state index >= 15 is 0 Å². The molecule has 0 atom stereocenters. The maximum atomic E-state index is 11.8. The van der Waals surface area contributed by atoms with Crippen molar-refractivity contribution < 1.29 is 9.53 Å². The fourth-order valence-electron chi connectivity index (χ4n) is 1.59. The van der Waals surface area contributed by atoms with Gasteiger partial charge in [-0.15, -0.1) is 0 Å². The lowest BCUT2D eigenvalue weighted by Crippen LogP contribution is -2.37. The van der Waals surface area contributed by atoms with E-state index in [0.29, 0.717) is 10.8 Å². The molecule has 23 heavy (non-hydrogen) atoms. The first-order chi connectivity index (χ1) is 10.9. The average Bonchev–Trinajstić information content (AvgIpc) is 2.48. The number of carbonyl (C=O) groups excluding carboxylic acids is 1. The molecule has 0 unspecified atom stereocenters. The number of amides is 1. The van der Waals surface area contributed by atoms with Crippen LogP contribution in [0.3, 0.4) is 0 Å². The van der Waals surface area contributed by atoms with Crippen molar-refractivity contribution in [1.82, 2.24) is 5.32 Å². The maximum absolute atomic E-state index is 11.8. The van der Waals surface area contributed by atoms with Crippen LogP contribution in [0.5, 0.6) is 5.75 Å². The second kappa shape index (κ2) is 8.81. The molecule has 0 aliphatic carbocycles. The van der Waals surface area contributed by atoms with Crippen LogP contribution in [0.4, 0.5) is 5.69 Å². The minimum absolute atomic E-state index is 0.185. The van der Waals surface area contributed by atoms with Gasteiger partial charge < -0.3 is 10.1 Å². The van der Waals surface area contributed by atoms with E-state index in [1.54, 1.807) is 18.2 Å². The first-order valence-corrected chi connectivity index (χ1v) is 9.04. The Kier molecular flexibility index (Phi) is 7.07. The number of rotatable bonds is 4. The molecular weight excluding hydrogens is 515 g/mol. The van der Waals surface area contributed by atoms with Crippen molar-refractivity contribution in [3.05, 3.63) is 55.5 Å². The molecule has 8 heteroatoms. The largest absolute Gasteiger partial charge is 0.482 e. The van der Waals surface area contributed by atoms with Gasteiger partial charge in [0.15, 0.2) is 11.7 Å². The molecule has 0 aliphatic heterocycles. The summed E-state index contributed by atoms with van der Waals surface area (Å²) in [6.45, 7) is -0.185. The van der Waals surface area contributed by atoms with Gasteiger partial charge in [-0.25, -0.2) is 0 Å². The Morgan fingerprint density at radius 1 is 1.26 bits per heavy atom. The summed E-state index contributed by atoms with van der Waals surface area (Å²) in [7, 11) is 0. The van der Waals surface area contributed by atoms with E-state index < -0.39 is 0 Å². The van der Waals surface area contributed by atoms with E-state index in [-0.39, 0.29) is 17.6 Å². The van der Waals surface area contributed by atoms with E-state index in [0.717, 1.165) is 13.7 Å². The van der Waals surface area contributed by atoms with Crippen LogP contribution in [-0.2, 0) is 4.79 Å². The molecule has 120 valence electrons. The summed E-state index contributed by atoms with van der Waals surface area (Å²) in [4.78, 5) is 11.8. The molecule has 2 rings (SSSR count). The molecule has 0 bridgehead atoms. The van der Waals surface area contributed by atoms with Crippen molar-refractivity contribution in [2.24, 2.45) is 0 Å². The van der Waals surface area contributed by atoms with Gasteiger partial charge in [-0.1, -0.05) is 27.5 Å². The molecule has 0 spiro atoms. The Labute approximate surface area is 166 Å². The lowest BCUT2D eigenvalue weighted by molar-refractivity contribution is -0.121. The summed E-state index contributed by atoms with van der Waals surface area (Å²) in [6.07, 6.45) is 0. The quantitative estimate of drug-likeness (QED) is 0.453. The number of benzene rings is 2. The smallest absolute Gasteiger partial charge is 0.264 e. The fourth-order valence-corrected chi connectivity index (χ4v) is 2.91. The third-order valence-corrected chi connectivity index (χ3v) is 4.32. The third-order valence-electron chi connectivity index (χ3n) is 2.61. The van der Waals surface area contributed by atoms with Crippen LogP contribution in [0.15, 0.2) is 46.9 Å². The Morgan fingerprint density at radius 2 is 1.96 bits per heavy atom. The van der Waals surface area contributed by atoms with Gasteiger partial charge in [-0.2, -0.15) is 0 Å². The lowest BCUT2D eigenvalue weighted by atomic mass is 10.3. The predicted octanol–water partition coefficient (Wildman–Crippen LogP) is 4.60. The van der Waals surface area contributed by atoms with Gasteiger partial charge in [0.05, 0.1) is 5.02 Å². The zero-order chi connectivity index (χ0) is 16.8. The van der Waals surface area contributed by atoms with Crippen molar-refractivity contribution in [2.45, 2.75) is 0 Å². The highest BCUT2D eigenvalue weighted by Gasteiger charge is 2.08. The number of carbonyl (C=O) groups is 1.